The molecule has 0 aliphatic carbocycles. The Labute approximate surface area is 144 Å². The summed E-state index contributed by atoms with van der Waals surface area (Å²) >= 11 is 0. The van der Waals surface area contributed by atoms with Gasteiger partial charge < -0.3 is 9.64 Å². The Morgan fingerprint density at radius 2 is 1.88 bits per heavy atom. The molecule has 4 nitrogen and oxygen atoms in total. The Morgan fingerprint density at radius 3 is 2.52 bits per heavy atom. The molecule has 25 heavy (non-hydrogen) atoms. The van der Waals surface area contributed by atoms with Crippen molar-refractivity contribution in [1.29, 1.82) is 0 Å². The van der Waals surface area contributed by atoms with Crippen molar-refractivity contribution in [1.82, 2.24) is 9.88 Å². The van der Waals surface area contributed by atoms with E-state index >= 15 is 0 Å². The van der Waals surface area contributed by atoms with Gasteiger partial charge in [-0.05, 0) is 31.0 Å². The summed E-state index contributed by atoms with van der Waals surface area (Å²) in [7, 11) is 0. The van der Waals surface area contributed by atoms with Crippen molar-refractivity contribution in [2.75, 3.05) is 19.7 Å². The molecule has 0 atom stereocenters. The molecule has 7 heteroatoms. The molecule has 0 saturated heterocycles. The first-order valence-corrected chi connectivity index (χ1v) is 7.88. The van der Waals surface area contributed by atoms with E-state index in [1.807, 2.05) is 37.3 Å². The number of pyridine rings is 1. The standard InChI is InChI=1S/C18H19F3N2O2/c1-2-23(12-10-14-7-4-3-5-8-14)17(24)15-9-6-11-22-16(15)25-13-18(19,20)21/h3-9,11H,2,10,12-13H2,1H3. The summed E-state index contributed by atoms with van der Waals surface area (Å²) in [4.78, 5) is 18.0. The zero-order valence-corrected chi connectivity index (χ0v) is 13.8. The Morgan fingerprint density at radius 1 is 1.16 bits per heavy atom. The third-order valence-electron chi connectivity index (χ3n) is 3.56. The number of benzene rings is 1. The van der Waals surface area contributed by atoms with E-state index in [4.69, 9.17) is 4.74 Å². The number of likely N-dealkylation sites (N-methyl/N-ethyl adjacent to an activating group) is 1. The highest BCUT2D eigenvalue weighted by molar-refractivity contribution is 5.96. The van der Waals surface area contributed by atoms with Gasteiger partial charge in [0.05, 0.1) is 0 Å². The average Bonchev–Trinajstić information content (AvgIpc) is 2.61. The van der Waals surface area contributed by atoms with E-state index < -0.39 is 18.7 Å². The van der Waals surface area contributed by atoms with Crippen molar-refractivity contribution in [3.8, 4) is 5.88 Å². The largest absolute Gasteiger partial charge is 0.467 e. The summed E-state index contributed by atoms with van der Waals surface area (Å²) in [5.41, 5.74) is 1.11. The molecular weight excluding hydrogens is 333 g/mol. The molecule has 0 aliphatic heterocycles. The summed E-state index contributed by atoms with van der Waals surface area (Å²) in [5, 5.41) is 0. The lowest BCUT2D eigenvalue weighted by Crippen LogP contribution is -2.33. The molecular formula is C18H19F3N2O2. The van der Waals surface area contributed by atoms with E-state index in [9.17, 15) is 18.0 Å². The van der Waals surface area contributed by atoms with Crippen molar-refractivity contribution in [3.63, 3.8) is 0 Å². The second kappa shape index (κ2) is 8.50. The average molecular weight is 352 g/mol. The first kappa shape index (κ1) is 18.8. The highest BCUT2D eigenvalue weighted by Crippen LogP contribution is 2.21. The van der Waals surface area contributed by atoms with Crippen molar-refractivity contribution in [3.05, 3.63) is 59.8 Å². The number of aromatic nitrogens is 1. The number of alkyl halides is 3. The summed E-state index contributed by atoms with van der Waals surface area (Å²) in [6.07, 6.45) is -2.54. The number of nitrogens with zero attached hydrogens (tertiary/aromatic N) is 2. The second-order valence-electron chi connectivity index (χ2n) is 5.38. The quantitative estimate of drug-likeness (QED) is 0.763. The molecule has 0 bridgehead atoms. The van der Waals surface area contributed by atoms with E-state index in [0.717, 1.165) is 5.56 Å². The van der Waals surface area contributed by atoms with Crippen LogP contribution in [0, 0.1) is 0 Å². The van der Waals surface area contributed by atoms with Crippen LogP contribution in [0.3, 0.4) is 0 Å². The fourth-order valence-electron chi connectivity index (χ4n) is 2.30. The van der Waals surface area contributed by atoms with Crippen LogP contribution >= 0.6 is 0 Å². The van der Waals surface area contributed by atoms with Gasteiger partial charge in [-0.25, -0.2) is 4.98 Å². The van der Waals surface area contributed by atoms with Crippen LogP contribution in [-0.4, -0.2) is 41.7 Å². The smallest absolute Gasteiger partial charge is 0.422 e. The number of hydrogen-bond donors (Lipinski definition) is 0. The van der Waals surface area contributed by atoms with E-state index in [1.54, 1.807) is 4.90 Å². The molecule has 2 aromatic rings. The maximum absolute atomic E-state index is 12.7. The van der Waals surface area contributed by atoms with Crippen molar-refractivity contribution < 1.29 is 22.7 Å². The van der Waals surface area contributed by atoms with Gasteiger partial charge in [-0.2, -0.15) is 13.2 Å². The molecule has 0 fully saturated rings. The maximum atomic E-state index is 12.7. The summed E-state index contributed by atoms with van der Waals surface area (Å²) in [5.74, 6) is -0.702. The number of ether oxygens (including phenoxy) is 1. The van der Waals surface area contributed by atoms with Gasteiger partial charge in [0.2, 0.25) is 5.88 Å². The van der Waals surface area contributed by atoms with Gasteiger partial charge in [-0.15, -0.1) is 0 Å². The van der Waals surface area contributed by atoms with Gasteiger partial charge in [0, 0.05) is 19.3 Å². The zero-order chi connectivity index (χ0) is 18.3. The molecule has 0 N–H and O–H groups in total. The Kier molecular flexibility index (Phi) is 6.38. The minimum absolute atomic E-state index is 0.0293. The van der Waals surface area contributed by atoms with Gasteiger partial charge in [-0.1, -0.05) is 30.3 Å². The third kappa shape index (κ3) is 5.77. The number of halogens is 3. The molecule has 0 radical (unpaired) electrons. The minimum Gasteiger partial charge on any atom is -0.467 e. The van der Waals surface area contributed by atoms with Crippen molar-refractivity contribution in [2.45, 2.75) is 19.5 Å². The fourth-order valence-corrected chi connectivity index (χ4v) is 2.30. The van der Waals surface area contributed by atoms with E-state index in [0.29, 0.717) is 19.5 Å². The third-order valence-corrected chi connectivity index (χ3v) is 3.56. The molecule has 134 valence electrons. The lowest BCUT2D eigenvalue weighted by Gasteiger charge is -2.22. The van der Waals surface area contributed by atoms with Gasteiger partial charge in [-0.3, -0.25) is 4.79 Å². The minimum atomic E-state index is -4.49. The topological polar surface area (TPSA) is 42.4 Å². The highest BCUT2D eigenvalue weighted by Gasteiger charge is 2.30. The zero-order valence-electron chi connectivity index (χ0n) is 13.8. The van der Waals surface area contributed by atoms with Gasteiger partial charge in [0.1, 0.15) is 5.56 Å². The normalized spacial score (nSPS) is 11.2. The molecule has 1 aromatic carbocycles. The summed E-state index contributed by atoms with van der Waals surface area (Å²) < 4.78 is 41.8. The van der Waals surface area contributed by atoms with E-state index in [1.165, 1.54) is 18.3 Å². The predicted molar refractivity (Wildman–Crippen MR) is 87.5 cm³/mol. The molecule has 1 amide bonds. The number of carbonyl (C=O) groups excluding carboxylic acids is 1. The predicted octanol–water partition coefficient (Wildman–Crippen LogP) is 3.73. The Hall–Kier alpha value is -2.57. The SMILES string of the molecule is CCN(CCc1ccccc1)C(=O)c1cccnc1OCC(F)(F)F. The summed E-state index contributed by atoms with van der Waals surface area (Å²) in [6.45, 7) is 1.21. The van der Waals surface area contributed by atoms with Crippen LogP contribution in [0.4, 0.5) is 13.2 Å². The van der Waals surface area contributed by atoms with Gasteiger partial charge in [0.15, 0.2) is 6.61 Å². The highest BCUT2D eigenvalue weighted by atomic mass is 19.4. The molecule has 0 saturated carbocycles. The van der Waals surface area contributed by atoms with Crippen LogP contribution in [0.1, 0.15) is 22.8 Å². The van der Waals surface area contributed by atoms with Crippen LogP contribution in [0.15, 0.2) is 48.7 Å². The lowest BCUT2D eigenvalue weighted by atomic mass is 10.1. The number of rotatable bonds is 7. The molecule has 2 rings (SSSR count). The second-order valence-corrected chi connectivity index (χ2v) is 5.38. The Balaban J connectivity index is 2.09. The molecule has 0 aliphatic rings. The van der Waals surface area contributed by atoms with Gasteiger partial charge in [0.25, 0.3) is 5.91 Å². The molecule has 0 spiro atoms. The van der Waals surface area contributed by atoms with Gasteiger partial charge >= 0.3 is 6.18 Å². The lowest BCUT2D eigenvalue weighted by molar-refractivity contribution is -0.154. The van der Waals surface area contributed by atoms with Crippen LogP contribution < -0.4 is 4.74 Å². The Bertz CT molecular complexity index is 690. The fraction of sp³-hybridized carbons (Fsp3) is 0.333. The number of hydrogen-bond acceptors (Lipinski definition) is 3. The molecule has 0 unspecified atom stereocenters. The first-order chi connectivity index (χ1) is 11.9. The van der Waals surface area contributed by atoms with Crippen molar-refractivity contribution >= 4 is 5.91 Å². The molecule has 1 aromatic heterocycles. The molecule has 1 heterocycles. The van der Waals surface area contributed by atoms with E-state index in [-0.39, 0.29) is 11.4 Å². The van der Waals surface area contributed by atoms with E-state index in [2.05, 4.69) is 4.98 Å². The van der Waals surface area contributed by atoms with Crippen LogP contribution in [-0.2, 0) is 6.42 Å². The number of carbonyl (C=O) groups is 1. The van der Waals surface area contributed by atoms with Crippen LogP contribution in [0.2, 0.25) is 0 Å². The van der Waals surface area contributed by atoms with Crippen molar-refractivity contribution in [2.24, 2.45) is 0 Å². The number of amides is 1. The maximum Gasteiger partial charge on any atom is 0.422 e. The monoisotopic (exact) mass is 352 g/mol. The van der Waals surface area contributed by atoms with Crippen LogP contribution in [0.5, 0.6) is 5.88 Å². The first-order valence-electron chi connectivity index (χ1n) is 7.88. The van der Waals surface area contributed by atoms with Crippen LogP contribution in [0.25, 0.3) is 0 Å². The summed E-state index contributed by atoms with van der Waals surface area (Å²) in [6, 6.07) is 12.6.